The highest BCUT2D eigenvalue weighted by atomic mass is 32.1. The van der Waals surface area contributed by atoms with E-state index in [0.29, 0.717) is 16.7 Å². The van der Waals surface area contributed by atoms with Gasteiger partial charge in [0.1, 0.15) is 29.6 Å². The monoisotopic (exact) mass is 594 g/mol. The third-order valence-corrected chi connectivity index (χ3v) is 6.82. The molecule has 3 aromatic rings. The number of aliphatic carboxylic acids is 1. The van der Waals surface area contributed by atoms with Gasteiger partial charge in [-0.05, 0) is 47.4 Å². The molecule has 0 fully saturated rings. The lowest BCUT2D eigenvalue weighted by Gasteiger charge is -2.25. The number of amides is 3. The standard InChI is InChI=1S/C30H34N4O7S/c31-23(14-19-6-10-21(35)11-7-19)27(37)34-26(17-42)29(39)32-24(15-18-4-2-1-3-5-18)28(38)33-25(30(40)41)16-20-8-12-22(36)13-9-20/h1-13,23-26,35-36,42H,14-17,31H2,(H,32,39)(H,33,38)(H,34,37)(H,40,41). The topological polar surface area (TPSA) is 191 Å². The lowest BCUT2D eigenvalue weighted by molar-refractivity contribution is -0.142. The normalized spacial score (nSPS) is 13.7. The van der Waals surface area contributed by atoms with Crippen molar-refractivity contribution in [3.63, 3.8) is 0 Å². The van der Waals surface area contributed by atoms with Crippen molar-refractivity contribution in [1.82, 2.24) is 16.0 Å². The Bertz CT molecular complexity index is 1350. The Morgan fingerprint density at radius 3 is 1.57 bits per heavy atom. The van der Waals surface area contributed by atoms with Crippen molar-refractivity contribution >= 4 is 36.3 Å². The molecule has 0 aliphatic carbocycles. The zero-order chi connectivity index (χ0) is 30.6. The number of nitrogens with two attached hydrogens (primary N) is 1. The first-order valence-corrected chi connectivity index (χ1v) is 13.8. The number of aromatic hydroxyl groups is 2. The maximum atomic E-state index is 13.3. The summed E-state index contributed by atoms with van der Waals surface area (Å²) in [6, 6.07) is 16.4. The van der Waals surface area contributed by atoms with Crippen molar-refractivity contribution in [2.45, 2.75) is 43.4 Å². The van der Waals surface area contributed by atoms with Crippen LogP contribution in [0.5, 0.6) is 11.5 Å². The molecular weight excluding hydrogens is 560 g/mol. The van der Waals surface area contributed by atoms with Crippen LogP contribution in [-0.2, 0) is 38.4 Å². The average Bonchev–Trinajstić information content (AvgIpc) is 2.97. The highest BCUT2D eigenvalue weighted by Gasteiger charge is 2.30. The molecule has 4 unspecified atom stereocenters. The minimum atomic E-state index is -1.31. The maximum Gasteiger partial charge on any atom is 0.326 e. The number of hydrogen-bond acceptors (Lipinski definition) is 8. The Labute approximate surface area is 248 Å². The van der Waals surface area contributed by atoms with E-state index >= 15 is 0 Å². The predicted molar refractivity (Wildman–Crippen MR) is 159 cm³/mol. The van der Waals surface area contributed by atoms with Crippen LogP contribution in [0.25, 0.3) is 0 Å². The van der Waals surface area contributed by atoms with Crippen molar-refractivity contribution in [1.29, 1.82) is 0 Å². The number of phenolic OH excluding ortho intramolecular Hbond substituents is 2. The molecule has 8 N–H and O–H groups in total. The Morgan fingerprint density at radius 2 is 1.05 bits per heavy atom. The Morgan fingerprint density at radius 1 is 0.619 bits per heavy atom. The molecule has 222 valence electrons. The lowest BCUT2D eigenvalue weighted by atomic mass is 10.0. The van der Waals surface area contributed by atoms with Crippen LogP contribution >= 0.6 is 12.6 Å². The number of thiol groups is 1. The average molecular weight is 595 g/mol. The van der Waals surface area contributed by atoms with Gasteiger partial charge in [-0.2, -0.15) is 12.6 Å². The summed E-state index contributed by atoms with van der Waals surface area (Å²) in [4.78, 5) is 51.3. The molecule has 0 bridgehead atoms. The summed E-state index contributed by atoms with van der Waals surface area (Å²) in [5.74, 6) is -3.31. The number of benzene rings is 3. The number of carbonyl (C=O) groups is 4. The second-order valence-electron chi connectivity index (χ2n) is 9.74. The van der Waals surface area contributed by atoms with Gasteiger partial charge in [-0.3, -0.25) is 14.4 Å². The summed E-state index contributed by atoms with van der Waals surface area (Å²) in [5, 5.41) is 36.4. The number of carbonyl (C=O) groups excluding carboxylic acids is 3. The van der Waals surface area contributed by atoms with Crippen LogP contribution < -0.4 is 21.7 Å². The number of nitrogens with one attached hydrogen (secondary N) is 3. The van der Waals surface area contributed by atoms with E-state index in [1.807, 2.05) is 0 Å². The SMILES string of the molecule is NC(Cc1ccc(O)cc1)C(=O)NC(CS)C(=O)NC(Cc1ccccc1)C(=O)NC(Cc1ccc(O)cc1)C(=O)O. The summed E-state index contributed by atoms with van der Waals surface area (Å²) in [6.07, 6.45) is 0.156. The zero-order valence-electron chi connectivity index (χ0n) is 22.6. The molecule has 11 nitrogen and oxygen atoms in total. The molecule has 0 saturated heterocycles. The third-order valence-electron chi connectivity index (χ3n) is 6.45. The molecule has 4 atom stereocenters. The predicted octanol–water partition coefficient (Wildman–Crippen LogP) is 0.922. The fourth-order valence-corrected chi connectivity index (χ4v) is 4.38. The third kappa shape index (κ3) is 9.82. The summed E-state index contributed by atoms with van der Waals surface area (Å²) in [6.45, 7) is 0. The van der Waals surface area contributed by atoms with Crippen LogP contribution in [0, 0.1) is 0 Å². The summed E-state index contributed by atoms with van der Waals surface area (Å²) in [7, 11) is 0. The van der Waals surface area contributed by atoms with E-state index in [9.17, 15) is 34.5 Å². The van der Waals surface area contributed by atoms with Crippen LogP contribution in [0.4, 0.5) is 0 Å². The van der Waals surface area contributed by atoms with Crippen molar-refractivity contribution in [3.8, 4) is 11.5 Å². The smallest absolute Gasteiger partial charge is 0.326 e. The minimum Gasteiger partial charge on any atom is -0.508 e. The number of rotatable bonds is 14. The number of phenols is 2. The van der Waals surface area contributed by atoms with E-state index < -0.39 is 47.9 Å². The van der Waals surface area contributed by atoms with Crippen LogP contribution in [0.1, 0.15) is 16.7 Å². The van der Waals surface area contributed by atoms with Crippen molar-refractivity contribution in [2.24, 2.45) is 5.73 Å². The molecule has 0 aliphatic rings. The van der Waals surface area contributed by atoms with Gasteiger partial charge in [0.15, 0.2) is 0 Å². The molecule has 0 saturated carbocycles. The first-order valence-electron chi connectivity index (χ1n) is 13.2. The molecule has 0 aromatic heterocycles. The molecule has 0 spiro atoms. The van der Waals surface area contributed by atoms with Gasteiger partial charge >= 0.3 is 5.97 Å². The van der Waals surface area contributed by atoms with E-state index in [1.54, 1.807) is 54.6 Å². The van der Waals surface area contributed by atoms with Crippen molar-refractivity contribution < 1.29 is 34.5 Å². The first kappa shape index (κ1) is 32.0. The van der Waals surface area contributed by atoms with Gasteiger partial charge in [0.25, 0.3) is 0 Å². The summed E-state index contributed by atoms with van der Waals surface area (Å²) < 4.78 is 0. The Hall–Kier alpha value is -4.55. The van der Waals surface area contributed by atoms with E-state index in [0.717, 1.165) is 0 Å². The highest BCUT2D eigenvalue weighted by molar-refractivity contribution is 7.80. The largest absolute Gasteiger partial charge is 0.508 e. The van der Waals surface area contributed by atoms with Gasteiger partial charge in [0, 0.05) is 18.6 Å². The summed E-state index contributed by atoms with van der Waals surface area (Å²) >= 11 is 4.19. The van der Waals surface area contributed by atoms with Crippen LogP contribution in [0.15, 0.2) is 78.9 Å². The number of carboxylic acid groups (broad SMARTS) is 1. The van der Waals surface area contributed by atoms with Crippen molar-refractivity contribution in [2.75, 3.05) is 5.75 Å². The Balaban J connectivity index is 1.70. The van der Waals surface area contributed by atoms with Gasteiger partial charge < -0.3 is 37.0 Å². The first-order chi connectivity index (χ1) is 20.0. The molecule has 42 heavy (non-hydrogen) atoms. The summed E-state index contributed by atoms with van der Waals surface area (Å²) in [5.41, 5.74) is 8.03. The Kier molecular flexibility index (Phi) is 11.8. The van der Waals surface area contributed by atoms with E-state index in [-0.39, 0.29) is 36.5 Å². The second kappa shape index (κ2) is 15.5. The molecule has 3 amide bonds. The van der Waals surface area contributed by atoms with Gasteiger partial charge in [0.2, 0.25) is 17.7 Å². The number of carboxylic acids is 1. The van der Waals surface area contributed by atoms with E-state index in [4.69, 9.17) is 5.73 Å². The van der Waals surface area contributed by atoms with Gasteiger partial charge in [-0.25, -0.2) is 4.79 Å². The van der Waals surface area contributed by atoms with E-state index in [2.05, 4.69) is 28.6 Å². The van der Waals surface area contributed by atoms with E-state index in [1.165, 1.54) is 24.3 Å². The molecule has 12 heteroatoms. The molecule has 3 rings (SSSR count). The van der Waals surface area contributed by atoms with Crippen LogP contribution in [0.2, 0.25) is 0 Å². The van der Waals surface area contributed by atoms with Crippen LogP contribution in [-0.4, -0.2) is 68.9 Å². The molecule has 3 aromatic carbocycles. The molecular formula is C30H34N4O7S. The molecule has 0 radical (unpaired) electrons. The maximum absolute atomic E-state index is 13.3. The fraction of sp³-hybridized carbons (Fsp3) is 0.267. The molecule has 0 heterocycles. The van der Waals surface area contributed by atoms with Crippen molar-refractivity contribution in [3.05, 3.63) is 95.6 Å². The van der Waals surface area contributed by atoms with Crippen LogP contribution in [0.3, 0.4) is 0 Å². The molecule has 0 aliphatic heterocycles. The number of hydrogen-bond donors (Lipinski definition) is 8. The fourth-order valence-electron chi connectivity index (χ4n) is 4.12. The van der Waals surface area contributed by atoms with Gasteiger partial charge in [-0.15, -0.1) is 0 Å². The van der Waals surface area contributed by atoms with Gasteiger partial charge in [-0.1, -0.05) is 54.6 Å². The zero-order valence-corrected chi connectivity index (χ0v) is 23.5. The second-order valence-corrected chi connectivity index (χ2v) is 10.1. The highest BCUT2D eigenvalue weighted by Crippen LogP contribution is 2.13. The minimum absolute atomic E-state index is 0.0208. The van der Waals surface area contributed by atoms with Gasteiger partial charge in [0.05, 0.1) is 6.04 Å². The quantitative estimate of drug-likeness (QED) is 0.126. The lowest BCUT2D eigenvalue weighted by Crippen LogP contribution is -2.58.